The van der Waals surface area contributed by atoms with Crippen molar-refractivity contribution in [2.75, 3.05) is 51.3 Å². The fraction of sp³-hybridized carbons (Fsp3) is 0.333. The van der Waals surface area contributed by atoms with Gasteiger partial charge in [-0.1, -0.05) is 30.7 Å². The Morgan fingerprint density at radius 1 is 1.20 bits per heavy atom. The van der Waals surface area contributed by atoms with Gasteiger partial charge in [0, 0.05) is 54.1 Å². The second-order valence-electron chi connectivity index (χ2n) is 8.98. The number of aromatic amines is 1. The molecule has 0 unspecified atom stereocenters. The molecule has 1 aliphatic heterocycles. The average molecular weight is 492 g/mol. The van der Waals surface area contributed by atoms with Gasteiger partial charge < -0.3 is 24.1 Å². The summed E-state index contributed by atoms with van der Waals surface area (Å²) < 4.78 is 7.28. The highest BCUT2D eigenvalue weighted by molar-refractivity contribution is 6.30. The molecule has 8 heteroatoms. The predicted molar refractivity (Wildman–Crippen MR) is 142 cm³/mol. The smallest absolute Gasteiger partial charge is 0.251 e. The Morgan fingerprint density at radius 3 is 2.77 bits per heavy atom. The van der Waals surface area contributed by atoms with E-state index in [0.29, 0.717) is 11.6 Å². The molecule has 0 radical (unpaired) electrons. The van der Waals surface area contributed by atoms with Gasteiger partial charge in [0.2, 0.25) is 0 Å². The number of fused-ring (bicyclic) bond motifs is 1. The zero-order valence-electron chi connectivity index (χ0n) is 20.1. The van der Waals surface area contributed by atoms with E-state index >= 15 is 0 Å². The summed E-state index contributed by atoms with van der Waals surface area (Å²) in [6.45, 7) is 6.83. The molecule has 7 nitrogen and oxygen atoms in total. The number of likely N-dealkylation sites (N-methyl/N-ethyl adjacent to an activating group) is 1. The monoisotopic (exact) mass is 491 g/mol. The number of benzene rings is 1. The van der Waals surface area contributed by atoms with Crippen LogP contribution in [0, 0.1) is 0 Å². The lowest BCUT2D eigenvalue weighted by atomic mass is 10.0. The van der Waals surface area contributed by atoms with Crippen LogP contribution in [0.1, 0.15) is 18.5 Å². The molecule has 0 aliphatic carbocycles. The number of halogens is 1. The zero-order valence-corrected chi connectivity index (χ0v) is 20.8. The number of hydrogen-bond donors (Lipinski definition) is 1. The first-order valence-electron chi connectivity index (χ1n) is 12.0. The molecule has 1 N–H and O–H groups in total. The van der Waals surface area contributed by atoms with Gasteiger partial charge in [-0.15, -0.1) is 0 Å². The minimum absolute atomic E-state index is 0.0522. The van der Waals surface area contributed by atoms with Gasteiger partial charge in [-0.25, -0.2) is 4.98 Å². The van der Waals surface area contributed by atoms with Crippen molar-refractivity contribution in [3.05, 3.63) is 82.0 Å². The van der Waals surface area contributed by atoms with Crippen LogP contribution in [0.3, 0.4) is 0 Å². The van der Waals surface area contributed by atoms with Crippen LogP contribution in [-0.2, 0) is 4.74 Å². The predicted octanol–water partition coefficient (Wildman–Crippen LogP) is 4.42. The molecule has 0 amide bonds. The number of anilines is 1. The van der Waals surface area contributed by atoms with E-state index in [0.717, 1.165) is 66.3 Å². The number of ether oxygens (including phenoxy) is 1. The van der Waals surface area contributed by atoms with Crippen molar-refractivity contribution in [2.45, 2.75) is 13.0 Å². The SMILES string of the molecule is CCN(C)C[C@H](c1cccc(Cl)c1)n1ccc(-c2c[nH]c3ncc(N4CCOCC4)cc23)cc1=O. The van der Waals surface area contributed by atoms with Gasteiger partial charge in [0.1, 0.15) is 5.65 Å². The van der Waals surface area contributed by atoms with Crippen LogP contribution in [0.15, 0.2) is 65.8 Å². The quantitative estimate of drug-likeness (QED) is 0.414. The Bertz CT molecular complexity index is 1380. The third kappa shape index (κ3) is 4.98. The number of hydrogen-bond acceptors (Lipinski definition) is 5. The maximum atomic E-state index is 13.4. The lowest BCUT2D eigenvalue weighted by Gasteiger charge is -2.28. The molecule has 3 aromatic heterocycles. The van der Waals surface area contributed by atoms with Crippen LogP contribution in [-0.4, -0.2) is 65.9 Å². The van der Waals surface area contributed by atoms with Gasteiger partial charge in [0.25, 0.3) is 5.56 Å². The molecule has 5 rings (SSSR count). The number of nitrogens with zero attached hydrogens (tertiary/aromatic N) is 4. The second-order valence-corrected chi connectivity index (χ2v) is 9.41. The van der Waals surface area contributed by atoms with Crippen molar-refractivity contribution in [2.24, 2.45) is 0 Å². The summed E-state index contributed by atoms with van der Waals surface area (Å²) in [5.41, 5.74) is 4.67. The van der Waals surface area contributed by atoms with Crippen LogP contribution in [0.2, 0.25) is 5.02 Å². The Kier molecular flexibility index (Phi) is 6.90. The number of nitrogens with one attached hydrogen (secondary N) is 1. The van der Waals surface area contributed by atoms with Crippen LogP contribution >= 0.6 is 11.6 Å². The van der Waals surface area contributed by atoms with E-state index in [4.69, 9.17) is 16.3 Å². The summed E-state index contributed by atoms with van der Waals surface area (Å²) in [5.74, 6) is 0. The molecule has 0 spiro atoms. The minimum Gasteiger partial charge on any atom is -0.378 e. The number of morpholine rings is 1. The van der Waals surface area contributed by atoms with E-state index < -0.39 is 0 Å². The number of pyridine rings is 2. The molecule has 1 fully saturated rings. The first-order chi connectivity index (χ1) is 17.0. The van der Waals surface area contributed by atoms with Gasteiger partial charge in [-0.2, -0.15) is 0 Å². The number of rotatable bonds is 7. The second kappa shape index (κ2) is 10.2. The van der Waals surface area contributed by atoms with E-state index in [-0.39, 0.29) is 11.6 Å². The minimum atomic E-state index is -0.141. The van der Waals surface area contributed by atoms with Gasteiger partial charge in [0.05, 0.1) is 31.1 Å². The number of aromatic nitrogens is 3. The van der Waals surface area contributed by atoms with Gasteiger partial charge in [-0.3, -0.25) is 4.79 Å². The summed E-state index contributed by atoms with van der Waals surface area (Å²) >= 11 is 6.28. The molecule has 1 aromatic carbocycles. The lowest BCUT2D eigenvalue weighted by molar-refractivity contribution is 0.122. The summed E-state index contributed by atoms with van der Waals surface area (Å²) in [6, 6.07) is 13.5. The van der Waals surface area contributed by atoms with Crippen LogP contribution in [0.4, 0.5) is 5.69 Å². The van der Waals surface area contributed by atoms with Crippen molar-refractivity contribution >= 4 is 28.3 Å². The topological polar surface area (TPSA) is 66.4 Å². The third-order valence-electron chi connectivity index (χ3n) is 6.75. The fourth-order valence-electron chi connectivity index (χ4n) is 4.63. The average Bonchev–Trinajstić information content (AvgIpc) is 3.31. The van der Waals surface area contributed by atoms with Crippen molar-refractivity contribution in [1.29, 1.82) is 0 Å². The highest BCUT2D eigenvalue weighted by atomic mass is 35.5. The van der Waals surface area contributed by atoms with Crippen molar-refractivity contribution in [3.63, 3.8) is 0 Å². The summed E-state index contributed by atoms with van der Waals surface area (Å²) in [6.07, 6.45) is 5.72. The summed E-state index contributed by atoms with van der Waals surface area (Å²) in [7, 11) is 2.06. The van der Waals surface area contributed by atoms with E-state index in [1.807, 2.05) is 48.9 Å². The summed E-state index contributed by atoms with van der Waals surface area (Å²) in [4.78, 5) is 25.8. The van der Waals surface area contributed by atoms with E-state index in [9.17, 15) is 4.79 Å². The maximum Gasteiger partial charge on any atom is 0.251 e. The molecule has 1 aliphatic rings. The highest BCUT2D eigenvalue weighted by Crippen LogP contribution is 2.30. The molecule has 0 bridgehead atoms. The van der Waals surface area contributed by atoms with E-state index in [1.54, 1.807) is 10.6 Å². The summed E-state index contributed by atoms with van der Waals surface area (Å²) in [5, 5.41) is 1.67. The van der Waals surface area contributed by atoms with Gasteiger partial charge in [0.15, 0.2) is 0 Å². The van der Waals surface area contributed by atoms with Crippen LogP contribution in [0.25, 0.3) is 22.2 Å². The standard InChI is InChI=1S/C27H30ClN5O2/c1-3-31(2)18-25(20-5-4-6-21(28)13-20)33-8-7-19(14-26(33)34)24-17-30-27-23(24)15-22(16-29-27)32-9-11-35-12-10-32/h4-8,13-17,25H,3,9-12,18H2,1-2H3,(H,29,30)/t25-/m1/s1. The zero-order chi connectivity index (χ0) is 24.4. The van der Waals surface area contributed by atoms with Crippen LogP contribution in [0.5, 0.6) is 0 Å². The Hall–Kier alpha value is -3.13. The fourth-order valence-corrected chi connectivity index (χ4v) is 4.83. The normalized spacial score (nSPS) is 15.1. The Morgan fingerprint density at radius 2 is 2.03 bits per heavy atom. The molecule has 4 heterocycles. The molecule has 35 heavy (non-hydrogen) atoms. The Balaban J connectivity index is 1.52. The highest BCUT2D eigenvalue weighted by Gasteiger charge is 2.19. The molecule has 0 saturated carbocycles. The largest absolute Gasteiger partial charge is 0.378 e. The van der Waals surface area contributed by atoms with Crippen LogP contribution < -0.4 is 10.5 Å². The van der Waals surface area contributed by atoms with Crippen molar-refractivity contribution in [1.82, 2.24) is 19.4 Å². The molecule has 182 valence electrons. The molecule has 1 saturated heterocycles. The van der Waals surface area contributed by atoms with Crippen molar-refractivity contribution < 1.29 is 4.74 Å². The first-order valence-corrected chi connectivity index (χ1v) is 12.4. The van der Waals surface area contributed by atoms with Gasteiger partial charge in [-0.05, 0) is 49.0 Å². The van der Waals surface area contributed by atoms with E-state index in [2.05, 4.69) is 39.8 Å². The molecular weight excluding hydrogens is 462 g/mol. The van der Waals surface area contributed by atoms with E-state index in [1.165, 1.54) is 0 Å². The maximum absolute atomic E-state index is 13.4. The lowest BCUT2D eigenvalue weighted by Crippen LogP contribution is -2.36. The molecular formula is C27H30ClN5O2. The van der Waals surface area contributed by atoms with Gasteiger partial charge >= 0.3 is 0 Å². The third-order valence-corrected chi connectivity index (χ3v) is 6.98. The molecule has 1 atom stereocenters. The van der Waals surface area contributed by atoms with Crippen molar-refractivity contribution in [3.8, 4) is 11.1 Å². The molecule has 4 aromatic rings. The first kappa shape index (κ1) is 23.6. The Labute approximate surface area is 209 Å². The number of H-pyrrole nitrogens is 1.